The second-order valence-corrected chi connectivity index (χ2v) is 11.4. The van der Waals surface area contributed by atoms with Gasteiger partial charge in [0.25, 0.3) is 0 Å². The smallest absolute Gasteiger partial charge is 0.191 e. The van der Waals surface area contributed by atoms with Gasteiger partial charge in [-0.2, -0.15) is 0 Å². The van der Waals surface area contributed by atoms with E-state index in [4.69, 9.17) is 4.98 Å². The van der Waals surface area contributed by atoms with Crippen molar-refractivity contribution >= 4 is 34.4 Å². The Bertz CT molecular complexity index is 1220. The monoisotopic (exact) mass is 480 g/mol. The summed E-state index contributed by atoms with van der Waals surface area (Å²) in [4.78, 5) is 6.44. The quantitative estimate of drug-likeness (QED) is 0.261. The van der Waals surface area contributed by atoms with Crippen molar-refractivity contribution in [3.8, 4) is 22.0 Å². The molecule has 166 valence electrons. The van der Waals surface area contributed by atoms with Crippen molar-refractivity contribution in [1.29, 1.82) is 0 Å². The highest BCUT2D eigenvalue weighted by molar-refractivity contribution is 7.98. The zero-order valence-electron chi connectivity index (χ0n) is 18.8. The van der Waals surface area contributed by atoms with Crippen molar-refractivity contribution in [3.63, 3.8) is 0 Å². The van der Waals surface area contributed by atoms with Crippen LogP contribution in [0, 0.1) is 12.8 Å². The molecule has 0 bridgehead atoms. The largest absolute Gasteiger partial charge is 0.302 e. The van der Waals surface area contributed by atoms with Crippen LogP contribution in [-0.2, 0) is 25.1 Å². The lowest BCUT2D eigenvalue weighted by Gasteiger charge is -2.19. The number of thiophene rings is 1. The van der Waals surface area contributed by atoms with Crippen LogP contribution in [0.4, 0.5) is 0 Å². The fourth-order valence-electron chi connectivity index (χ4n) is 4.33. The number of hydrogen-bond acceptors (Lipinski definition) is 6. The molecular weight excluding hydrogens is 453 g/mol. The molecule has 0 fully saturated rings. The number of thiazole rings is 1. The molecule has 5 rings (SSSR count). The first kappa shape index (κ1) is 21.9. The molecule has 3 heterocycles. The second kappa shape index (κ2) is 9.49. The average Bonchev–Trinajstić information content (AvgIpc) is 3.51. The Labute approximate surface area is 202 Å². The van der Waals surface area contributed by atoms with E-state index in [9.17, 15) is 0 Å². The minimum atomic E-state index is 0.788. The first-order valence-electron chi connectivity index (χ1n) is 11.3. The zero-order valence-corrected chi connectivity index (χ0v) is 21.2. The summed E-state index contributed by atoms with van der Waals surface area (Å²) in [6.07, 6.45) is 4.71. The fourth-order valence-corrected chi connectivity index (χ4v) is 7.45. The van der Waals surface area contributed by atoms with Gasteiger partial charge in [-0.15, -0.1) is 32.9 Å². The van der Waals surface area contributed by atoms with Gasteiger partial charge in [-0.05, 0) is 49.7 Å². The maximum Gasteiger partial charge on any atom is 0.191 e. The lowest BCUT2D eigenvalue weighted by Crippen LogP contribution is -2.10. The maximum atomic E-state index is 4.90. The molecule has 4 aromatic rings. The summed E-state index contributed by atoms with van der Waals surface area (Å²) in [5.74, 6) is 2.64. The summed E-state index contributed by atoms with van der Waals surface area (Å²) >= 11 is 5.37. The molecule has 0 amide bonds. The van der Waals surface area contributed by atoms with Gasteiger partial charge in [0.15, 0.2) is 11.0 Å². The Morgan fingerprint density at radius 3 is 2.84 bits per heavy atom. The third-order valence-corrected chi connectivity index (χ3v) is 9.06. The molecule has 4 nitrogen and oxygen atoms in total. The third-order valence-electron chi connectivity index (χ3n) is 6.08. The van der Waals surface area contributed by atoms with E-state index in [0.717, 1.165) is 52.7 Å². The van der Waals surface area contributed by atoms with Crippen LogP contribution in [0.2, 0.25) is 0 Å². The van der Waals surface area contributed by atoms with Gasteiger partial charge < -0.3 is 4.57 Å². The van der Waals surface area contributed by atoms with Crippen molar-refractivity contribution in [1.82, 2.24) is 19.7 Å². The first-order valence-corrected chi connectivity index (χ1v) is 14.0. The summed E-state index contributed by atoms with van der Waals surface area (Å²) in [5.41, 5.74) is 6.41. The van der Waals surface area contributed by atoms with Crippen LogP contribution in [0.15, 0.2) is 40.2 Å². The Kier molecular flexibility index (Phi) is 6.49. The fraction of sp³-hybridized carbons (Fsp3) is 0.400. The summed E-state index contributed by atoms with van der Waals surface area (Å²) in [6, 6.07) is 8.45. The van der Waals surface area contributed by atoms with Crippen molar-refractivity contribution in [2.45, 2.75) is 63.9 Å². The van der Waals surface area contributed by atoms with E-state index < -0.39 is 0 Å². The second-order valence-electron chi connectivity index (χ2n) is 8.60. The molecule has 0 saturated heterocycles. The predicted molar refractivity (Wildman–Crippen MR) is 137 cm³/mol. The van der Waals surface area contributed by atoms with Crippen LogP contribution < -0.4 is 0 Å². The normalized spacial score (nSPS) is 15.8. The molecule has 32 heavy (non-hydrogen) atoms. The molecule has 0 saturated carbocycles. The summed E-state index contributed by atoms with van der Waals surface area (Å²) < 4.78 is 2.32. The maximum absolute atomic E-state index is 4.90. The Hall–Kier alpha value is -1.96. The molecule has 3 aromatic heterocycles. The average molecular weight is 481 g/mol. The summed E-state index contributed by atoms with van der Waals surface area (Å²) in [5, 5.41) is 15.8. The van der Waals surface area contributed by atoms with Gasteiger partial charge in [0, 0.05) is 39.1 Å². The zero-order chi connectivity index (χ0) is 22.1. The standard InChI is InChI=1S/C25H28N4S3/c1-4-11-29-23(21-15-30-22-12-16(2)9-10-20(21)22)27-28-25(29)32-14-18-13-31-24(26-18)19-8-6-5-7-17(19)3/h5-8,13,15-16H,4,9-12,14H2,1-3H3. The van der Waals surface area contributed by atoms with E-state index in [2.05, 4.69) is 70.6 Å². The minimum Gasteiger partial charge on any atom is -0.302 e. The van der Waals surface area contributed by atoms with Crippen molar-refractivity contribution in [3.05, 3.63) is 56.7 Å². The van der Waals surface area contributed by atoms with E-state index in [1.165, 1.54) is 35.1 Å². The predicted octanol–water partition coefficient (Wildman–Crippen LogP) is 7.27. The highest BCUT2D eigenvalue weighted by atomic mass is 32.2. The van der Waals surface area contributed by atoms with E-state index in [-0.39, 0.29) is 0 Å². The number of nitrogens with zero attached hydrogens (tertiary/aromatic N) is 4. The molecule has 0 spiro atoms. The van der Waals surface area contributed by atoms with Crippen molar-refractivity contribution in [2.75, 3.05) is 0 Å². The van der Waals surface area contributed by atoms with Gasteiger partial charge in [-0.25, -0.2) is 4.98 Å². The van der Waals surface area contributed by atoms with Crippen molar-refractivity contribution < 1.29 is 0 Å². The molecule has 1 aliphatic rings. The Morgan fingerprint density at radius 1 is 1.12 bits per heavy atom. The van der Waals surface area contributed by atoms with Crippen molar-refractivity contribution in [2.24, 2.45) is 5.92 Å². The molecule has 7 heteroatoms. The van der Waals surface area contributed by atoms with E-state index >= 15 is 0 Å². The van der Waals surface area contributed by atoms with Gasteiger partial charge in [-0.3, -0.25) is 0 Å². The van der Waals surface area contributed by atoms with Gasteiger partial charge in [-0.1, -0.05) is 49.9 Å². The van der Waals surface area contributed by atoms with E-state index in [1.54, 1.807) is 28.0 Å². The summed E-state index contributed by atoms with van der Waals surface area (Å²) in [6.45, 7) is 7.67. The van der Waals surface area contributed by atoms with Gasteiger partial charge in [0.1, 0.15) is 5.01 Å². The Morgan fingerprint density at radius 2 is 2.00 bits per heavy atom. The number of thioether (sulfide) groups is 1. The van der Waals surface area contributed by atoms with Crippen LogP contribution in [0.25, 0.3) is 22.0 Å². The number of fused-ring (bicyclic) bond motifs is 1. The lowest BCUT2D eigenvalue weighted by atomic mass is 9.88. The SMILES string of the molecule is CCCn1c(SCc2csc(-c3ccccc3C)n2)nnc1-c1csc2c1CCC(C)C2. The molecule has 0 radical (unpaired) electrons. The van der Waals surface area contributed by atoms with E-state index in [0.29, 0.717) is 0 Å². The number of hydrogen-bond donors (Lipinski definition) is 0. The van der Waals surface area contributed by atoms with Gasteiger partial charge in [0.2, 0.25) is 0 Å². The highest BCUT2D eigenvalue weighted by Crippen LogP contribution is 2.39. The molecule has 1 atom stereocenters. The topological polar surface area (TPSA) is 43.6 Å². The van der Waals surface area contributed by atoms with Gasteiger partial charge in [0.05, 0.1) is 5.69 Å². The lowest BCUT2D eigenvalue weighted by molar-refractivity contribution is 0.508. The molecular formula is C25H28N4S3. The number of benzene rings is 1. The molecule has 1 unspecified atom stereocenters. The highest BCUT2D eigenvalue weighted by Gasteiger charge is 2.24. The molecule has 1 aromatic carbocycles. The van der Waals surface area contributed by atoms with Crippen LogP contribution in [0.1, 0.15) is 48.4 Å². The summed E-state index contributed by atoms with van der Waals surface area (Å²) in [7, 11) is 0. The molecule has 1 aliphatic carbocycles. The van der Waals surface area contributed by atoms with Gasteiger partial charge >= 0.3 is 0 Å². The Balaban J connectivity index is 1.37. The number of aromatic nitrogens is 4. The van der Waals surface area contributed by atoms with Crippen LogP contribution in [0.3, 0.4) is 0 Å². The van der Waals surface area contributed by atoms with Crippen LogP contribution >= 0.6 is 34.4 Å². The first-order chi connectivity index (χ1) is 15.6. The minimum absolute atomic E-state index is 0.788. The van der Waals surface area contributed by atoms with Crippen LogP contribution in [0.5, 0.6) is 0 Å². The van der Waals surface area contributed by atoms with Crippen LogP contribution in [-0.4, -0.2) is 19.7 Å². The molecule has 0 N–H and O–H groups in total. The van der Waals surface area contributed by atoms with E-state index in [1.807, 2.05) is 11.3 Å². The third kappa shape index (κ3) is 4.30. The molecule has 0 aliphatic heterocycles. The number of aryl methyl sites for hydroxylation is 1. The number of rotatable bonds is 7.